The van der Waals surface area contributed by atoms with E-state index in [-0.39, 0.29) is 0 Å². The minimum Gasteiger partial charge on any atom is -0.357 e. The van der Waals surface area contributed by atoms with E-state index < -0.39 is 0 Å². The highest BCUT2D eigenvalue weighted by Gasteiger charge is 2.24. The smallest absolute Gasteiger partial charge is 0.193 e. The summed E-state index contributed by atoms with van der Waals surface area (Å²) in [6.45, 7) is 7.63. The van der Waals surface area contributed by atoms with Gasteiger partial charge in [0.25, 0.3) is 0 Å². The number of aromatic nitrogens is 1. The standard InChI is InChI=1S/C15H26N4S/c1-12(2)14-11-19(7-8-20-14)15(16-3)17-9-13-5-6-18(4)10-13/h5-6,10,12,14H,7-9,11H2,1-4H3,(H,16,17). The van der Waals surface area contributed by atoms with Gasteiger partial charge in [-0.3, -0.25) is 4.99 Å². The van der Waals surface area contributed by atoms with E-state index in [0.717, 1.165) is 31.5 Å². The third-order valence-electron chi connectivity index (χ3n) is 3.69. The number of guanidine groups is 1. The van der Waals surface area contributed by atoms with Crippen LogP contribution in [0.25, 0.3) is 0 Å². The molecular weight excluding hydrogens is 268 g/mol. The Morgan fingerprint density at radius 1 is 1.55 bits per heavy atom. The van der Waals surface area contributed by atoms with Crippen LogP contribution in [-0.4, -0.2) is 46.6 Å². The van der Waals surface area contributed by atoms with Crippen LogP contribution >= 0.6 is 11.8 Å². The van der Waals surface area contributed by atoms with Gasteiger partial charge in [-0.2, -0.15) is 11.8 Å². The van der Waals surface area contributed by atoms with Gasteiger partial charge in [-0.05, 0) is 17.5 Å². The molecule has 5 heteroatoms. The van der Waals surface area contributed by atoms with Gasteiger partial charge in [-0.15, -0.1) is 0 Å². The van der Waals surface area contributed by atoms with Crippen LogP contribution in [-0.2, 0) is 13.6 Å². The third-order valence-corrected chi connectivity index (χ3v) is 5.23. The predicted octanol–water partition coefficient (Wildman–Crippen LogP) is 2.17. The second-order valence-electron chi connectivity index (χ2n) is 5.69. The van der Waals surface area contributed by atoms with Crippen LogP contribution < -0.4 is 5.32 Å². The molecule has 2 rings (SSSR count). The van der Waals surface area contributed by atoms with Crippen molar-refractivity contribution in [2.45, 2.75) is 25.6 Å². The molecular formula is C15H26N4S. The molecule has 1 aromatic heterocycles. The first-order chi connectivity index (χ1) is 9.60. The molecule has 1 aromatic rings. The number of rotatable bonds is 3. The Labute approximate surface area is 126 Å². The molecule has 112 valence electrons. The Bertz CT molecular complexity index is 452. The molecule has 0 saturated carbocycles. The van der Waals surface area contributed by atoms with Crippen LogP contribution in [0.15, 0.2) is 23.5 Å². The first kappa shape index (κ1) is 15.3. The number of thioether (sulfide) groups is 1. The zero-order valence-electron chi connectivity index (χ0n) is 13.0. The topological polar surface area (TPSA) is 32.6 Å². The van der Waals surface area contributed by atoms with E-state index in [2.05, 4.69) is 63.8 Å². The SMILES string of the molecule is CN=C(NCc1ccn(C)c1)N1CCSC(C(C)C)C1. The van der Waals surface area contributed by atoms with Gasteiger partial charge in [0.15, 0.2) is 5.96 Å². The van der Waals surface area contributed by atoms with Crippen LogP contribution in [0, 0.1) is 5.92 Å². The number of nitrogens with zero attached hydrogens (tertiary/aromatic N) is 3. The van der Waals surface area contributed by atoms with Crippen LogP contribution in [0.4, 0.5) is 0 Å². The van der Waals surface area contributed by atoms with E-state index in [0.29, 0.717) is 5.25 Å². The molecule has 1 aliphatic rings. The highest BCUT2D eigenvalue weighted by atomic mass is 32.2. The van der Waals surface area contributed by atoms with Crippen molar-refractivity contribution in [1.82, 2.24) is 14.8 Å². The zero-order chi connectivity index (χ0) is 14.5. The second kappa shape index (κ2) is 7.07. The number of hydrogen-bond acceptors (Lipinski definition) is 2. The van der Waals surface area contributed by atoms with E-state index in [1.165, 1.54) is 11.3 Å². The lowest BCUT2D eigenvalue weighted by Gasteiger charge is -2.36. The molecule has 0 spiro atoms. The lowest BCUT2D eigenvalue weighted by Crippen LogP contribution is -2.48. The summed E-state index contributed by atoms with van der Waals surface area (Å²) in [4.78, 5) is 6.84. The van der Waals surface area contributed by atoms with Crippen molar-refractivity contribution in [2.24, 2.45) is 18.0 Å². The Balaban J connectivity index is 1.91. The van der Waals surface area contributed by atoms with Crippen LogP contribution in [0.3, 0.4) is 0 Å². The molecule has 1 fully saturated rings. The highest BCUT2D eigenvalue weighted by molar-refractivity contribution is 8.00. The number of aliphatic imine (C=N–C) groups is 1. The van der Waals surface area contributed by atoms with Crippen molar-refractivity contribution in [3.05, 3.63) is 24.0 Å². The molecule has 1 atom stereocenters. The zero-order valence-corrected chi connectivity index (χ0v) is 13.8. The molecule has 0 amide bonds. The van der Waals surface area contributed by atoms with E-state index in [1.54, 1.807) is 0 Å². The first-order valence-electron chi connectivity index (χ1n) is 7.28. The number of hydrogen-bond donors (Lipinski definition) is 1. The summed E-state index contributed by atoms with van der Waals surface area (Å²) in [5, 5.41) is 4.19. The average Bonchev–Trinajstić information content (AvgIpc) is 2.85. The Kier molecular flexibility index (Phi) is 5.40. The van der Waals surface area contributed by atoms with Gasteiger partial charge in [0, 0.05) is 57.1 Å². The molecule has 4 nitrogen and oxygen atoms in total. The average molecular weight is 294 g/mol. The van der Waals surface area contributed by atoms with Crippen LogP contribution in [0.5, 0.6) is 0 Å². The summed E-state index contributed by atoms with van der Waals surface area (Å²) >= 11 is 2.09. The van der Waals surface area contributed by atoms with Crippen LogP contribution in [0.2, 0.25) is 0 Å². The molecule has 0 aliphatic carbocycles. The lowest BCUT2D eigenvalue weighted by molar-refractivity contribution is 0.380. The maximum atomic E-state index is 4.44. The van der Waals surface area contributed by atoms with Gasteiger partial charge < -0.3 is 14.8 Å². The minimum atomic E-state index is 0.707. The number of aryl methyl sites for hydroxylation is 1. The summed E-state index contributed by atoms with van der Waals surface area (Å²) < 4.78 is 2.08. The molecule has 0 bridgehead atoms. The summed E-state index contributed by atoms with van der Waals surface area (Å²) in [5.41, 5.74) is 1.29. The third kappa shape index (κ3) is 3.95. The predicted molar refractivity (Wildman–Crippen MR) is 88.3 cm³/mol. The van der Waals surface area contributed by atoms with E-state index in [9.17, 15) is 0 Å². The lowest BCUT2D eigenvalue weighted by atomic mass is 10.1. The molecule has 0 radical (unpaired) electrons. The van der Waals surface area contributed by atoms with Crippen molar-refractivity contribution in [1.29, 1.82) is 0 Å². The second-order valence-corrected chi connectivity index (χ2v) is 7.03. The molecule has 1 N–H and O–H groups in total. The fraction of sp³-hybridized carbons (Fsp3) is 0.667. The quantitative estimate of drug-likeness (QED) is 0.685. The van der Waals surface area contributed by atoms with Gasteiger partial charge in [0.2, 0.25) is 0 Å². The summed E-state index contributed by atoms with van der Waals surface area (Å²) in [7, 11) is 3.92. The van der Waals surface area contributed by atoms with Crippen molar-refractivity contribution in [3.8, 4) is 0 Å². The van der Waals surface area contributed by atoms with Crippen molar-refractivity contribution in [2.75, 3.05) is 25.9 Å². The molecule has 1 saturated heterocycles. The maximum absolute atomic E-state index is 4.44. The van der Waals surface area contributed by atoms with Gasteiger partial charge in [-0.1, -0.05) is 13.8 Å². The van der Waals surface area contributed by atoms with E-state index >= 15 is 0 Å². The summed E-state index contributed by atoms with van der Waals surface area (Å²) in [5.74, 6) is 2.93. The van der Waals surface area contributed by atoms with Gasteiger partial charge in [-0.25, -0.2) is 0 Å². The first-order valence-corrected chi connectivity index (χ1v) is 8.33. The summed E-state index contributed by atoms with van der Waals surface area (Å²) in [6.07, 6.45) is 4.22. The fourth-order valence-electron chi connectivity index (χ4n) is 2.45. The molecule has 2 heterocycles. The van der Waals surface area contributed by atoms with Gasteiger partial charge in [0.05, 0.1) is 0 Å². The Hall–Kier alpha value is -1.10. The van der Waals surface area contributed by atoms with Gasteiger partial charge in [0.1, 0.15) is 0 Å². The van der Waals surface area contributed by atoms with Crippen LogP contribution in [0.1, 0.15) is 19.4 Å². The van der Waals surface area contributed by atoms with Crippen molar-refractivity contribution >= 4 is 17.7 Å². The maximum Gasteiger partial charge on any atom is 0.193 e. The fourth-order valence-corrected chi connectivity index (χ4v) is 3.75. The monoisotopic (exact) mass is 294 g/mol. The Morgan fingerprint density at radius 3 is 2.95 bits per heavy atom. The molecule has 0 aromatic carbocycles. The highest BCUT2D eigenvalue weighted by Crippen LogP contribution is 2.24. The van der Waals surface area contributed by atoms with E-state index in [1.807, 2.05) is 14.1 Å². The van der Waals surface area contributed by atoms with E-state index in [4.69, 9.17) is 0 Å². The normalized spacial score (nSPS) is 20.6. The molecule has 1 unspecified atom stereocenters. The molecule has 1 aliphatic heterocycles. The Morgan fingerprint density at radius 2 is 2.35 bits per heavy atom. The largest absolute Gasteiger partial charge is 0.357 e. The summed E-state index contributed by atoms with van der Waals surface area (Å²) in [6, 6.07) is 2.14. The minimum absolute atomic E-state index is 0.707. The van der Waals surface area contributed by atoms with Crippen molar-refractivity contribution < 1.29 is 0 Å². The van der Waals surface area contributed by atoms with Gasteiger partial charge >= 0.3 is 0 Å². The number of nitrogens with one attached hydrogen (secondary N) is 1. The van der Waals surface area contributed by atoms with Crippen molar-refractivity contribution in [3.63, 3.8) is 0 Å². The molecule has 20 heavy (non-hydrogen) atoms.